The second-order valence-electron chi connectivity index (χ2n) is 6.92. The van der Waals surface area contributed by atoms with Crippen LogP contribution in [-0.2, 0) is 17.6 Å². The van der Waals surface area contributed by atoms with E-state index in [1.807, 2.05) is 48.5 Å². The van der Waals surface area contributed by atoms with Gasteiger partial charge in [0.15, 0.2) is 0 Å². The summed E-state index contributed by atoms with van der Waals surface area (Å²) in [6.45, 7) is 2.10. The Morgan fingerprint density at radius 3 is 2.45 bits per heavy atom. The van der Waals surface area contributed by atoms with Crippen molar-refractivity contribution in [3.63, 3.8) is 0 Å². The van der Waals surface area contributed by atoms with Gasteiger partial charge in [0.25, 0.3) is 0 Å². The molecule has 0 aliphatic heterocycles. The molecule has 0 saturated carbocycles. The molecule has 8 heteroatoms. The zero-order valence-electron chi connectivity index (χ0n) is 17.3. The van der Waals surface area contributed by atoms with Crippen molar-refractivity contribution in [2.24, 2.45) is 0 Å². The number of nitrogens with one attached hydrogen (secondary N) is 1. The first kappa shape index (κ1) is 20.3. The van der Waals surface area contributed by atoms with Crippen LogP contribution in [0.15, 0.2) is 63.6 Å². The van der Waals surface area contributed by atoms with E-state index in [9.17, 15) is 4.79 Å². The van der Waals surface area contributed by atoms with Gasteiger partial charge in [-0.2, -0.15) is 4.98 Å². The van der Waals surface area contributed by atoms with Gasteiger partial charge < -0.3 is 13.8 Å². The highest BCUT2D eigenvalue weighted by atomic mass is 16.5. The number of aryl methyl sites for hydroxylation is 2. The van der Waals surface area contributed by atoms with Crippen LogP contribution >= 0.6 is 0 Å². The highest BCUT2D eigenvalue weighted by Crippen LogP contribution is 2.23. The van der Waals surface area contributed by atoms with Crippen molar-refractivity contribution in [3.8, 4) is 28.4 Å². The SMILES string of the molecule is CCc1ccc(-c2cc(NC(=O)CCc3nc(-c4ccc(OC)cc4)no3)on2)cc1. The summed E-state index contributed by atoms with van der Waals surface area (Å²) in [6.07, 6.45) is 1.46. The monoisotopic (exact) mass is 418 g/mol. The molecule has 4 rings (SSSR count). The molecule has 0 bridgehead atoms. The summed E-state index contributed by atoms with van der Waals surface area (Å²) in [7, 11) is 1.61. The quantitative estimate of drug-likeness (QED) is 0.448. The Morgan fingerprint density at radius 1 is 1.00 bits per heavy atom. The zero-order valence-corrected chi connectivity index (χ0v) is 17.3. The highest BCUT2D eigenvalue weighted by Gasteiger charge is 2.13. The summed E-state index contributed by atoms with van der Waals surface area (Å²) >= 11 is 0. The van der Waals surface area contributed by atoms with Crippen molar-refractivity contribution in [2.45, 2.75) is 26.2 Å². The predicted molar refractivity (Wildman–Crippen MR) is 115 cm³/mol. The first-order valence-corrected chi connectivity index (χ1v) is 9.97. The summed E-state index contributed by atoms with van der Waals surface area (Å²) < 4.78 is 15.6. The third kappa shape index (κ3) is 4.98. The molecule has 1 N–H and O–H groups in total. The van der Waals surface area contributed by atoms with Gasteiger partial charge in [0.1, 0.15) is 11.4 Å². The molecule has 8 nitrogen and oxygen atoms in total. The normalized spacial score (nSPS) is 10.8. The molecule has 0 fully saturated rings. The molecular formula is C23H22N4O4. The van der Waals surface area contributed by atoms with Crippen LogP contribution in [-0.4, -0.2) is 28.3 Å². The smallest absolute Gasteiger partial charge is 0.231 e. The molecule has 0 aliphatic rings. The van der Waals surface area contributed by atoms with Crippen molar-refractivity contribution in [1.29, 1.82) is 0 Å². The first-order valence-electron chi connectivity index (χ1n) is 9.97. The lowest BCUT2D eigenvalue weighted by Gasteiger charge is -1.99. The minimum Gasteiger partial charge on any atom is -0.497 e. The van der Waals surface area contributed by atoms with Gasteiger partial charge in [0, 0.05) is 30.0 Å². The largest absolute Gasteiger partial charge is 0.497 e. The molecule has 0 aliphatic carbocycles. The van der Waals surface area contributed by atoms with Gasteiger partial charge in [-0.15, -0.1) is 0 Å². The zero-order chi connectivity index (χ0) is 21.6. The van der Waals surface area contributed by atoms with E-state index in [2.05, 4.69) is 27.5 Å². The highest BCUT2D eigenvalue weighted by molar-refractivity contribution is 5.89. The number of benzene rings is 2. The number of nitrogens with zero attached hydrogens (tertiary/aromatic N) is 3. The van der Waals surface area contributed by atoms with Gasteiger partial charge >= 0.3 is 0 Å². The molecule has 2 heterocycles. The van der Waals surface area contributed by atoms with Crippen LogP contribution in [0.5, 0.6) is 5.75 Å². The summed E-state index contributed by atoms with van der Waals surface area (Å²) in [5.41, 5.74) is 3.65. The Balaban J connectivity index is 1.31. The summed E-state index contributed by atoms with van der Waals surface area (Å²) in [5, 5.41) is 10.7. The van der Waals surface area contributed by atoms with Crippen LogP contribution in [0.25, 0.3) is 22.6 Å². The van der Waals surface area contributed by atoms with Crippen LogP contribution in [0, 0.1) is 0 Å². The van der Waals surface area contributed by atoms with Crippen LogP contribution in [0.2, 0.25) is 0 Å². The average Bonchev–Trinajstić information content (AvgIpc) is 3.48. The van der Waals surface area contributed by atoms with E-state index in [4.69, 9.17) is 13.8 Å². The molecule has 0 spiro atoms. The van der Waals surface area contributed by atoms with Gasteiger partial charge in [-0.25, -0.2) is 0 Å². The fraction of sp³-hybridized carbons (Fsp3) is 0.217. The number of methoxy groups -OCH3 is 1. The van der Waals surface area contributed by atoms with Gasteiger partial charge in [0.05, 0.1) is 7.11 Å². The van der Waals surface area contributed by atoms with E-state index in [0.29, 0.717) is 29.7 Å². The molecule has 0 saturated heterocycles. The van der Waals surface area contributed by atoms with E-state index in [-0.39, 0.29) is 12.3 Å². The van der Waals surface area contributed by atoms with E-state index in [0.717, 1.165) is 23.3 Å². The van der Waals surface area contributed by atoms with Crippen molar-refractivity contribution >= 4 is 11.8 Å². The van der Waals surface area contributed by atoms with E-state index < -0.39 is 0 Å². The average molecular weight is 418 g/mol. The maximum absolute atomic E-state index is 12.3. The summed E-state index contributed by atoms with van der Waals surface area (Å²) in [4.78, 5) is 16.6. The summed E-state index contributed by atoms with van der Waals surface area (Å²) in [6, 6.07) is 17.1. The van der Waals surface area contributed by atoms with Crippen LogP contribution in [0.4, 0.5) is 5.88 Å². The van der Waals surface area contributed by atoms with E-state index in [1.54, 1.807) is 13.2 Å². The van der Waals surface area contributed by atoms with Gasteiger partial charge in [-0.1, -0.05) is 41.5 Å². The van der Waals surface area contributed by atoms with Gasteiger partial charge in [0.2, 0.25) is 23.5 Å². The van der Waals surface area contributed by atoms with Crippen molar-refractivity contribution in [2.75, 3.05) is 12.4 Å². The number of hydrogen-bond donors (Lipinski definition) is 1. The molecule has 0 radical (unpaired) electrons. The van der Waals surface area contributed by atoms with Crippen LogP contribution in [0.3, 0.4) is 0 Å². The molecule has 0 unspecified atom stereocenters. The third-order valence-electron chi connectivity index (χ3n) is 4.81. The van der Waals surface area contributed by atoms with Crippen molar-refractivity contribution in [3.05, 3.63) is 66.1 Å². The first-order chi connectivity index (χ1) is 15.1. The van der Waals surface area contributed by atoms with Crippen LogP contribution < -0.4 is 10.1 Å². The standard InChI is InChI=1S/C23H22N4O4/c1-3-15-4-6-16(7-5-15)19-14-22(31-26-19)24-20(28)12-13-21-25-23(27-30-21)17-8-10-18(29-2)11-9-17/h4-11,14H,3,12-13H2,1-2H3,(H,24,28). The number of anilines is 1. The van der Waals surface area contributed by atoms with Crippen LogP contribution in [0.1, 0.15) is 24.8 Å². The fourth-order valence-electron chi connectivity index (χ4n) is 3.02. The second kappa shape index (κ2) is 9.25. The molecule has 0 atom stereocenters. The van der Waals surface area contributed by atoms with Gasteiger partial charge in [-0.05, 0) is 36.2 Å². The van der Waals surface area contributed by atoms with Crippen molar-refractivity contribution in [1.82, 2.24) is 15.3 Å². The lowest BCUT2D eigenvalue weighted by molar-refractivity contribution is -0.116. The molecule has 2 aromatic carbocycles. The number of hydrogen-bond acceptors (Lipinski definition) is 7. The van der Waals surface area contributed by atoms with E-state index >= 15 is 0 Å². The molecule has 31 heavy (non-hydrogen) atoms. The second-order valence-corrected chi connectivity index (χ2v) is 6.92. The fourth-order valence-corrected chi connectivity index (χ4v) is 3.02. The molecule has 1 amide bonds. The molecular weight excluding hydrogens is 396 g/mol. The molecule has 158 valence electrons. The Bertz CT molecular complexity index is 1150. The molecule has 2 aromatic heterocycles. The summed E-state index contributed by atoms with van der Waals surface area (Å²) in [5.74, 6) is 1.66. The Morgan fingerprint density at radius 2 is 1.74 bits per heavy atom. The third-order valence-corrected chi connectivity index (χ3v) is 4.81. The lowest BCUT2D eigenvalue weighted by atomic mass is 10.1. The number of carbonyl (C=O) groups excluding carboxylic acids is 1. The Hall–Kier alpha value is -3.94. The number of aromatic nitrogens is 3. The lowest BCUT2D eigenvalue weighted by Crippen LogP contribution is -2.11. The maximum Gasteiger partial charge on any atom is 0.231 e. The van der Waals surface area contributed by atoms with E-state index in [1.165, 1.54) is 5.56 Å². The Kier molecular flexibility index (Phi) is 6.07. The predicted octanol–water partition coefficient (Wildman–Crippen LogP) is 4.53. The van der Waals surface area contributed by atoms with Gasteiger partial charge in [-0.3, -0.25) is 10.1 Å². The Labute approximate surface area is 179 Å². The number of carbonyl (C=O) groups is 1. The minimum absolute atomic E-state index is 0.172. The maximum atomic E-state index is 12.3. The van der Waals surface area contributed by atoms with Crippen molar-refractivity contribution < 1.29 is 18.6 Å². The number of rotatable bonds is 8. The topological polar surface area (TPSA) is 103 Å². The minimum atomic E-state index is -0.228. The number of ether oxygens (including phenoxy) is 1. The number of amides is 1. The molecule has 4 aromatic rings.